The number of nitrogens with zero attached hydrogens (tertiary/aromatic N) is 1. The summed E-state index contributed by atoms with van der Waals surface area (Å²) in [7, 11) is 1.41. The number of methoxy groups -OCH3 is 1. The predicted octanol–water partition coefficient (Wildman–Crippen LogP) is 3.75. The SMILES string of the molecule is COc1ccc(CCN=C(N)Nc2ccc3c(c2)CCC3)cc1OC(F)F. The van der Waals surface area contributed by atoms with Gasteiger partial charge in [-0.3, -0.25) is 4.99 Å². The Morgan fingerprint density at radius 2 is 1.96 bits per heavy atom. The minimum absolute atomic E-state index is 0.0122. The summed E-state index contributed by atoms with van der Waals surface area (Å²) in [6.45, 7) is -2.48. The van der Waals surface area contributed by atoms with Gasteiger partial charge in [0.05, 0.1) is 7.11 Å². The average molecular weight is 375 g/mol. The lowest BCUT2D eigenvalue weighted by Gasteiger charge is -2.11. The van der Waals surface area contributed by atoms with Gasteiger partial charge < -0.3 is 20.5 Å². The van der Waals surface area contributed by atoms with Gasteiger partial charge in [0.1, 0.15) is 0 Å². The molecular weight excluding hydrogens is 352 g/mol. The highest BCUT2D eigenvalue weighted by Crippen LogP contribution is 2.29. The van der Waals surface area contributed by atoms with Crippen LogP contribution in [0.25, 0.3) is 0 Å². The highest BCUT2D eigenvalue weighted by molar-refractivity contribution is 5.92. The first-order chi connectivity index (χ1) is 13.0. The number of hydrogen-bond acceptors (Lipinski definition) is 3. The summed E-state index contributed by atoms with van der Waals surface area (Å²) >= 11 is 0. The van der Waals surface area contributed by atoms with Gasteiger partial charge in [-0.1, -0.05) is 12.1 Å². The first-order valence-corrected chi connectivity index (χ1v) is 8.85. The van der Waals surface area contributed by atoms with Crippen molar-refractivity contribution in [1.82, 2.24) is 0 Å². The molecule has 0 fully saturated rings. The fourth-order valence-electron chi connectivity index (χ4n) is 3.21. The van der Waals surface area contributed by atoms with Gasteiger partial charge >= 0.3 is 6.61 Å². The molecule has 0 saturated carbocycles. The topological polar surface area (TPSA) is 68.9 Å². The Morgan fingerprint density at radius 1 is 1.15 bits per heavy atom. The van der Waals surface area contributed by atoms with E-state index in [1.807, 2.05) is 6.07 Å². The number of nitrogens with two attached hydrogens (primary N) is 1. The van der Waals surface area contributed by atoms with Crippen LogP contribution >= 0.6 is 0 Å². The smallest absolute Gasteiger partial charge is 0.387 e. The summed E-state index contributed by atoms with van der Waals surface area (Å²) in [6.07, 6.45) is 3.97. The monoisotopic (exact) mass is 375 g/mol. The number of alkyl halides is 2. The molecule has 0 spiro atoms. The maximum atomic E-state index is 12.5. The predicted molar refractivity (Wildman–Crippen MR) is 102 cm³/mol. The van der Waals surface area contributed by atoms with Crippen LogP contribution in [0.2, 0.25) is 0 Å². The number of aliphatic imine (C=N–C) groups is 1. The van der Waals surface area contributed by atoms with Crippen molar-refractivity contribution < 1.29 is 18.3 Å². The zero-order valence-corrected chi connectivity index (χ0v) is 15.2. The van der Waals surface area contributed by atoms with Crippen LogP contribution in [-0.4, -0.2) is 26.2 Å². The highest BCUT2D eigenvalue weighted by Gasteiger charge is 2.12. The first-order valence-electron chi connectivity index (χ1n) is 8.85. The van der Waals surface area contributed by atoms with Gasteiger partial charge in [0.2, 0.25) is 0 Å². The Bertz CT molecular complexity index is 825. The Balaban J connectivity index is 1.58. The molecule has 0 aliphatic heterocycles. The molecule has 0 radical (unpaired) electrons. The van der Waals surface area contributed by atoms with E-state index in [-0.39, 0.29) is 11.5 Å². The number of anilines is 1. The number of fused-ring (bicyclic) bond motifs is 1. The van der Waals surface area contributed by atoms with E-state index in [4.69, 9.17) is 10.5 Å². The van der Waals surface area contributed by atoms with Crippen LogP contribution < -0.4 is 20.5 Å². The largest absolute Gasteiger partial charge is 0.493 e. The summed E-state index contributed by atoms with van der Waals surface area (Å²) in [5.41, 5.74) is 10.4. The second-order valence-electron chi connectivity index (χ2n) is 6.34. The molecule has 0 atom stereocenters. The molecule has 27 heavy (non-hydrogen) atoms. The van der Waals surface area contributed by atoms with E-state index in [9.17, 15) is 8.78 Å². The number of guanidine groups is 1. The highest BCUT2D eigenvalue weighted by atomic mass is 19.3. The van der Waals surface area contributed by atoms with Gasteiger partial charge in [0.25, 0.3) is 0 Å². The Labute approximate surface area is 157 Å². The lowest BCUT2D eigenvalue weighted by molar-refractivity contribution is -0.0512. The number of hydrogen-bond donors (Lipinski definition) is 2. The van der Waals surface area contributed by atoms with E-state index >= 15 is 0 Å². The van der Waals surface area contributed by atoms with Gasteiger partial charge in [0, 0.05) is 12.2 Å². The molecule has 1 aliphatic carbocycles. The van der Waals surface area contributed by atoms with Crippen molar-refractivity contribution in [3.63, 3.8) is 0 Å². The Morgan fingerprint density at radius 3 is 2.74 bits per heavy atom. The molecule has 144 valence electrons. The van der Waals surface area contributed by atoms with Crippen LogP contribution in [0.15, 0.2) is 41.4 Å². The van der Waals surface area contributed by atoms with Gasteiger partial charge in [-0.05, 0) is 66.6 Å². The van der Waals surface area contributed by atoms with Crippen LogP contribution in [0.1, 0.15) is 23.1 Å². The molecule has 0 aromatic heterocycles. The second-order valence-corrected chi connectivity index (χ2v) is 6.34. The van der Waals surface area contributed by atoms with Crippen LogP contribution in [-0.2, 0) is 19.3 Å². The van der Waals surface area contributed by atoms with Crippen molar-refractivity contribution in [2.45, 2.75) is 32.3 Å². The quantitative estimate of drug-likeness (QED) is 0.571. The standard InChI is InChI=1S/C20H23F2N3O2/c1-26-17-8-5-13(11-18(17)27-19(21)22)9-10-24-20(23)25-16-7-6-14-3-2-4-15(14)12-16/h5-8,11-12,19H,2-4,9-10H2,1H3,(H3,23,24,25). The third kappa shape index (κ3) is 5.09. The third-order valence-electron chi connectivity index (χ3n) is 4.50. The van der Waals surface area contributed by atoms with Gasteiger partial charge in [-0.25, -0.2) is 0 Å². The average Bonchev–Trinajstić information content (AvgIpc) is 3.09. The molecule has 2 aromatic rings. The number of ether oxygens (including phenoxy) is 2. The van der Waals surface area contributed by atoms with E-state index in [0.29, 0.717) is 18.9 Å². The second kappa shape index (κ2) is 8.70. The molecule has 5 nitrogen and oxygen atoms in total. The molecule has 0 amide bonds. The van der Waals surface area contributed by atoms with Crippen LogP contribution in [0.5, 0.6) is 11.5 Å². The lowest BCUT2D eigenvalue weighted by Crippen LogP contribution is -2.23. The molecule has 0 unspecified atom stereocenters. The fraction of sp³-hybridized carbons (Fsp3) is 0.350. The minimum atomic E-state index is -2.90. The fourth-order valence-corrected chi connectivity index (χ4v) is 3.21. The number of nitrogens with one attached hydrogen (secondary N) is 1. The van der Waals surface area contributed by atoms with Crippen LogP contribution in [0.4, 0.5) is 14.5 Å². The molecule has 3 rings (SSSR count). The summed E-state index contributed by atoms with van der Waals surface area (Å²) in [5, 5.41) is 3.10. The summed E-state index contributed by atoms with van der Waals surface area (Å²) < 4.78 is 34.5. The van der Waals surface area contributed by atoms with E-state index in [1.54, 1.807) is 12.1 Å². The molecule has 2 aromatic carbocycles. The van der Waals surface area contributed by atoms with E-state index in [2.05, 4.69) is 27.2 Å². The number of rotatable bonds is 7. The molecule has 1 aliphatic rings. The third-order valence-corrected chi connectivity index (χ3v) is 4.50. The van der Waals surface area contributed by atoms with Crippen molar-refractivity contribution >= 4 is 11.6 Å². The molecule has 3 N–H and O–H groups in total. The van der Waals surface area contributed by atoms with Gasteiger partial charge in [-0.15, -0.1) is 0 Å². The summed E-state index contributed by atoms with van der Waals surface area (Å²) in [6, 6.07) is 11.2. The molecule has 0 heterocycles. The van der Waals surface area contributed by atoms with E-state index in [0.717, 1.165) is 24.1 Å². The van der Waals surface area contributed by atoms with Crippen LogP contribution in [0, 0.1) is 0 Å². The number of benzene rings is 2. The van der Waals surface area contributed by atoms with E-state index in [1.165, 1.54) is 30.7 Å². The molecule has 0 bridgehead atoms. The maximum absolute atomic E-state index is 12.5. The number of aryl methyl sites for hydroxylation is 2. The number of halogens is 2. The van der Waals surface area contributed by atoms with Gasteiger partial charge in [-0.2, -0.15) is 8.78 Å². The molecule has 0 saturated heterocycles. The zero-order valence-electron chi connectivity index (χ0n) is 15.2. The first kappa shape index (κ1) is 18.9. The molecule has 7 heteroatoms. The van der Waals surface area contributed by atoms with Crippen molar-refractivity contribution in [2.75, 3.05) is 19.0 Å². The Kier molecular flexibility index (Phi) is 6.11. The van der Waals surface area contributed by atoms with Crippen LogP contribution in [0.3, 0.4) is 0 Å². The van der Waals surface area contributed by atoms with E-state index < -0.39 is 6.61 Å². The lowest BCUT2D eigenvalue weighted by atomic mass is 10.1. The normalized spacial score (nSPS) is 13.6. The maximum Gasteiger partial charge on any atom is 0.387 e. The Hall–Kier alpha value is -2.83. The van der Waals surface area contributed by atoms with Crippen molar-refractivity contribution in [3.05, 3.63) is 53.1 Å². The minimum Gasteiger partial charge on any atom is -0.493 e. The summed E-state index contributed by atoms with van der Waals surface area (Å²) in [5.74, 6) is 0.601. The van der Waals surface area contributed by atoms with Crippen molar-refractivity contribution in [2.24, 2.45) is 10.7 Å². The van der Waals surface area contributed by atoms with Crippen molar-refractivity contribution in [3.8, 4) is 11.5 Å². The summed E-state index contributed by atoms with van der Waals surface area (Å²) in [4.78, 5) is 4.30. The zero-order chi connectivity index (χ0) is 19.2. The van der Waals surface area contributed by atoms with Crippen molar-refractivity contribution in [1.29, 1.82) is 0 Å². The van der Waals surface area contributed by atoms with Gasteiger partial charge in [0.15, 0.2) is 17.5 Å². The molecular formula is C20H23F2N3O2.